The highest BCUT2D eigenvalue weighted by Gasteiger charge is 2.31. The van der Waals surface area contributed by atoms with Crippen LogP contribution >= 0.6 is 0 Å². The van der Waals surface area contributed by atoms with Crippen molar-refractivity contribution in [3.8, 4) is 11.3 Å². The van der Waals surface area contributed by atoms with Crippen molar-refractivity contribution in [3.05, 3.63) is 76.2 Å². The minimum Gasteiger partial charge on any atom is -0.360 e. The normalized spacial score (nSPS) is 11.8. The molecule has 0 saturated heterocycles. The van der Waals surface area contributed by atoms with Gasteiger partial charge < -0.3 is 9.82 Å². The Bertz CT molecular complexity index is 1180. The molecule has 27 heavy (non-hydrogen) atoms. The van der Waals surface area contributed by atoms with Gasteiger partial charge in [-0.25, -0.2) is 4.79 Å². The van der Waals surface area contributed by atoms with Gasteiger partial charge in [-0.3, -0.25) is 4.79 Å². The van der Waals surface area contributed by atoms with Gasteiger partial charge in [0, 0.05) is 17.1 Å². The largest absolute Gasteiger partial charge is 0.416 e. The number of H-pyrrole nitrogens is 1. The van der Waals surface area contributed by atoms with E-state index in [2.05, 4.69) is 10.1 Å². The highest BCUT2D eigenvalue weighted by molar-refractivity contribution is 5.94. The lowest BCUT2D eigenvalue weighted by Gasteiger charge is -2.09. The summed E-state index contributed by atoms with van der Waals surface area (Å²) in [6, 6.07) is 11.0. The Hall–Kier alpha value is -3.62. The van der Waals surface area contributed by atoms with Crippen molar-refractivity contribution in [2.45, 2.75) is 6.18 Å². The molecule has 6 nitrogen and oxygen atoms in total. The maximum Gasteiger partial charge on any atom is 0.416 e. The summed E-state index contributed by atoms with van der Waals surface area (Å²) < 4.78 is 39.0. The lowest BCUT2D eigenvalue weighted by Crippen LogP contribution is -2.29. The quantitative estimate of drug-likeness (QED) is 0.586. The zero-order chi connectivity index (χ0) is 19.2. The van der Waals surface area contributed by atoms with Crippen LogP contribution in [0.2, 0.25) is 0 Å². The fourth-order valence-electron chi connectivity index (χ4n) is 2.68. The number of benzene rings is 2. The van der Waals surface area contributed by atoms with E-state index in [-0.39, 0.29) is 22.2 Å². The number of hydrogen-bond acceptors (Lipinski definition) is 4. The summed E-state index contributed by atoms with van der Waals surface area (Å²) in [7, 11) is 0. The van der Waals surface area contributed by atoms with Crippen LogP contribution in [0.5, 0.6) is 0 Å². The van der Waals surface area contributed by atoms with Gasteiger partial charge in [-0.1, -0.05) is 18.2 Å². The fraction of sp³-hybridized carbons (Fsp3) is 0.0556. The summed E-state index contributed by atoms with van der Waals surface area (Å²) in [5.41, 5.74) is -1.07. The molecule has 0 amide bonds. The van der Waals surface area contributed by atoms with Gasteiger partial charge in [0.1, 0.15) is 5.69 Å². The third kappa shape index (κ3) is 2.92. The van der Waals surface area contributed by atoms with Gasteiger partial charge in [0.05, 0.1) is 16.7 Å². The first kappa shape index (κ1) is 16.8. The van der Waals surface area contributed by atoms with Gasteiger partial charge in [-0.2, -0.15) is 13.2 Å². The molecule has 4 rings (SSSR count). The maximum absolute atomic E-state index is 13.0. The Morgan fingerprint density at radius 1 is 1.11 bits per heavy atom. The molecule has 0 fully saturated rings. The predicted molar refractivity (Wildman–Crippen MR) is 89.3 cm³/mol. The molecule has 0 radical (unpaired) electrons. The number of hydrogen-bond donors (Lipinski definition) is 1. The SMILES string of the molecule is O=C(On1nc2c3cc(C(F)(F)F)ccc3[nH]cc-2c1=O)c1ccccc1. The van der Waals surface area contributed by atoms with Gasteiger partial charge in [-0.15, -0.1) is 5.10 Å². The highest BCUT2D eigenvalue weighted by atomic mass is 19.4. The number of pyridine rings is 1. The van der Waals surface area contributed by atoms with Crippen molar-refractivity contribution in [1.29, 1.82) is 0 Å². The Labute approximate surface area is 149 Å². The molecular formula is C18H10F3N3O3. The lowest BCUT2D eigenvalue weighted by atomic mass is 10.1. The number of halogens is 3. The molecule has 9 heteroatoms. The van der Waals surface area contributed by atoms with E-state index in [1.54, 1.807) is 18.2 Å². The number of carbonyl (C=O) groups excluding carboxylic acids is 1. The lowest BCUT2D eigenvalue weighted by molar-refractivity contribution is -0.137. The number of nitrogens with one attached hydrogen (secondary N) is 1. The second kappa shape index (κ2) is 5.97. The minimum atomic E-state index is -4.54. The molecule has 2 aliphatic rings. The molecule has 1 N–H and O–H groups in total. The Kier molecular flexibility index (Phi) is 3.72. The van der Waals surface area contributed by atoms with E-state index < -0.39 is 23.3 Å². The number of aromatic nitrogens is 3. The van der Waals surface area contributed by atoms with Crippen LogP contribution in [-0.2, 0) is 6.18 Å². The fourth-order valence-corrected chi connectivity index (χ4v) is 2.68. The molecule has 0 bridgehead atoms. The summed E-state index contributed by atoms with van der Waals surface area (Å²) >= 11 is 0. The number of nitrogens with zero attached hydrogens (tertiary/aromatic N) is 2. The molecule has 2 aromatic rings. The van der Waals surface area contributed by atoms with Crippen molar-refractivity contribution in [2.75, 3.05) is 0 Å². The standard InChI is InChI=1S/C18H10F3N3O3/c19-18(20,21)11-6-7-14-12(8-11)15-13(9-22-14)16(25)24(23-15)27-17(26)10-4-2-1-3-5-10/h1-9,22H. The van der Waals surface area contributed by atoms with Gasteiger partial charge in [0.15, 0.2) is 0 Å². The van der Waals surface area contributed by atoms with Crippen LogP contribution in [0.25, 0.3) is 22.2 Å². The topological polar surface area (TPSA) is 77.0 Å². The van der Waals surface area contributed by atoms with Crippen molar-refractivity contribution < 1.29 is 22.8 Å². The second-order valence-electron chi connectivity index (χ2n) is 5.73. The maximum atomic E-state index is 13.0. The zero-order valence-corrected chi connectivity index (χ0v) is 13.4. The predicted octanol–water partition coefficient (Wildman–Crippen LogP) is 3.12. The molecule has 0 spiro atoms. The van der Waals surface area contributed by atoms with Crippen LogP contribution in [0.4, 0.5) is 13.2 Å². The second-order valence-corrected chi connectivity index (χ2v) is 5.73. The van der Waals surface area contributed by atoms with Crippen LogP contribution in [0.3, 0.4) is 0 Å². The summed E-state index contributed by atoms with van der Waals surface area (Å²) in [6.07, 6.45) is -3.23. The number of alkyl halides is 3. The van der Waals surface area contributed by atoms with Gasteiger partial charge >= 0.3 is 17.7 Å². The van der Waals surface area contributed by atoms with E-state index in [1.807, 2.05) is 0 Å². The molecule has 0 aliphatic carbocycles. The van der Waals surface area contributed by atoms with Gasteiger partial charge in [0.25, 0.3) is 0 Å². The number of fused-ring (bicyclic) bond motifs is 3. The first-order valence-corrected chi connectivity index (χ1v) is 7.74. The first-order chi connectivity index (χ1) is 12.8. The van der Waals surface area contributed by atoms with Crippen molar-refractivity contribution >= 4 is 16.9 Å². The molecule has 0 unspecified atom stereocenters. The molecule has 0 aromatic heterocycles. The first-order valence-electron chi connectivity index (χ1n) is 7.74. The highest BCUT2D eigenvalue weighted by Crippen LogP contribution is 2.33. The van der Waals surface area contributed by atoms with Gasteiger partial charge in [-0.05, 0) is 35.2 Å². The van der Waals surface area contributed by atoms with E-state index in [0.29, 0.717) is 10.4 Å². The molecule has 0 atom stereocenters. The molecule has 0 saturated carbocycles. The molecule has 136 valence electrons. The van der Waals surface area contributed by atoms with Crippen molar-refractivity contribution in [1.82, 2.24) is 14.9 Å². The monoisotopic (exact) mass is 373 g/mol. The van der Waals surface area contributed by atoms with Crippen molar-refractivity contribution in [3.63, 3.8) is 0 Å². The summed E-state index contributed by atoms with van der Waals surface area (Å²) in [5, 5.41) is 3.99. The van der Waals surface area contributed by atoms with E-state index in [0.717, 1.165) is 12.1 Å². The zero-order valence-electron chi connectivity index (χ0n) is 13.4. The Morgan fingerprint density at radius 3 is 2.56 bits per heavy atom. The van der Waals surface area contributed by atoms with Crippen LogP contribution in [-0.4, -0.2) is 20.9 Å². The van der Waals surface area contributed by atoms with Crippen LogP contribution in [0.15, 0.2) is 59.5 Å². The van der Waals surface area contributed by atoms with E-state index in [9.17, 15) is 22.8 Å². The van der Waals surface area contributed by atoms with Crippen LogP contribution in [0, 0.1) is 0 Å². The third-order valence-corrected chi connectivity index (χ3v) is 4.00. The summed E-state index contributed by atoms with van der Waals surface area (Å²) in [6.45, 7) is 0. The Balaban J connectivity index is 1.82. The average Bonchev–Trinajstić information content (AvgIpc) is 2.97. The number of carbonyl (C=O) groups is 1. The van der Waals surface area contributed by atoms with Gasteiger partial charge in [0.2, 0.25) is 0 Å². The average molecular weight is 373 g/mol. The van der Waals surface area contributed by atoms with E-state index in [1.165, 1.54) is 24.4 Å². The third-order valence-electron chi connectivity index (χ3n) is 4.00. The molecule has 2 aromatic carbocycles. The summed E-state index contributed by atoms with van der Waals surface area (Å²) in [4.78, 5) is 32.7. The smallest absolute Gasteiger partial charge is 0.360 e. The Morgan fingerprint density at radius 2 is 1.85 bits per heavy atom. The molecule has 2 heterocycles. The number of rotatable bonds is 2. The minimum absolute atomic E-state index is 0.000659. The summed E-state index contributed by atoms with van der Waals surface area (Å²) in [5.74, 6) is -0.815. The molecule has 2 aliphatic heterocycles. The van der Waals surface area contributed by atoms with E-state index >= 15 is 0 Å². The van der Waals surface area contributed by atoms with E-state index in [4.69, 9.17) is 4.84 Å². The van der Waals surface area contributed by atoms with Crippen LogP contribution < -0.4 is 10.4 Å². The number of aromatic amines is 1. The van der Waals surface area contributed by atoms with Crippen molar-refractivity contribution in [2.24, 2.45) is 0 Å². The molecular weight excluding hydrogens is 363 g/mol. The van der Waals surface area contributed by atoms with Crippen LogP contribution in [0.1, 0.15) is 15.9 Å².